The minimum Gasteiger partial charge on any atom is -0.336 e. The molecule has 25 heavy (non-hydrogen) atoms. The van der Waals surface area contributed by atoms with Crippen LogP contribution in [-0.2, 0) is 0 Å². The molecule has 2 saturated heterocycles. The van der Waals surface area contributed by atoms with E-state index in [1.165, 1.54) is 32.5 Å². The first-order chi connectivity index (χ1) is 12.3. The summed E-state index contributed by atoms with van der Waals surface area (Å²) in [6.07, 6.45) is 2.71. The van der Waals surface area contributed by atoms with Crippen molar-refractivity contribution in [2.24, 2.45) is 0 Å². The van der Waals surface area contributed by atoms with Gasteiger partial charge in [-0.1, -0.05) is 36.4 Å². The summed E-state index contributed by atoms with van der Waals surface area (Å²) < 4.78 is 0. The van der Waals surface area contributed by atoms with Crippen molar-refractivity contribution in [2.75, 3.05) is 52.4 Å². The first kappa shape index (κ1) is 16.6. The first-order valence-corrected chi connectivity index (χ1v) is 9.53. The van der Waals surface area contributed by atoms with E-state index in [1.54, 1.807) is 0 Å². The fraction of sp³-hybridized carbons (Fsp3) is 0.476. The predicted octanol–water partition coefficient (Wildman–Crippen LogP) is 2.69. The zero-order chi connectivity index (χ0) is 17.1. The lowest BCUT2D eigenvalue weighted by atomic mass is 10.0. The molecule has 2 aliphatic rings. The molecule has 0 radical (unpaired) electrons. The number of carbonyl (C=O) groups is 1. The van der Waals surface area contributed by atoms with Gasteiger partial charge in [0.05, 0.1) is 0 Å². The lowest BCUT2D eigenvalue weighted by Crippen LogP contribution is -2.50. The van der Waals surface area contributed by atoms with E-state index >= 15 is 0 Å². The molecule has 0 bridgehead atoms. The lowest BCUT2D eigenvalue weighted by Gasteiger charge is -2.35. The van der Waals surface area contributed by atoms with Gasteiger partial charge in [-0.2, -0.15) is 0 Å². The molecule has 2 heterocycles. The Bertz CT molecular complexity index is 726. The number of fused-ring (bicyclic) bond motifs is 1. The SMILES string of the molecule is O=C(c1cccc2ccccc12)N1CCN(CCN2CCCC2)CC1. The van der Waals surface area contributed by atoms with Crippen molar-refractivity contribution >= 4 is 16.7 Å². The van der Waals surface area contributed by atoms with E-state index in [-0.39, 0.29) is 5.91 Å². The highest BCUT2D eigenvalue weighted by atomic mass is 16.2. The molecule has 2 aromatic carbocycles. The van der Waals surface area contributed by atoms with Crippen molar-refractivity contribution in [1.82, 2.24) is 14.7 Å². The Morgan fingerprint density at radius 3 is 2.16 bits per heavy atom. The molecule has 2 fully saturated rings. The molecule has 0 saturated carbocycles. The van der Waals surface area contributed by atoms with Crippen LogP contribution in [0.4, 0.5) is 0 Å². The molecule has 4 heteroatoms. The summed E-state index contributed by atoms with van der Waals surface area (Å²) >= 11 is 0. The van der Waals surface area contributed by atoms with Crippen LogP contribution in [0.5, 0.6) is 0 Å². The quantitative estimate of drug-likeness (QED) is 0.858. The number of amides is 1. The average Bonchev–Trinajstić information content (AvgIpc) is 3.19. The van der Waals surface area contributed by atoms with E-state index in [2.05, 4.69) is 28.0 Å². The highest BCUT2D eigenvalue weighted by Crippen LogP contribution is 2.20. The minimum atomic E-state index is 0.177. The summed E-state index contributed by atoms with van der Waals surface area (Å²) in [7, 11) is 0. The summed E-state index contributed by atoms with van der Waals surface area (Å²) in [5.74, 6) is 0.177. The van der Waals surface area contributed by atoms with E-state index < -0.39 is 0 Å². The minimum absolute atomic E-state index is 0.177. The van der Waals surface area contributed by atoms with E-state index in [0.29, 0.717) is 0 Å². The van der Waals surface area contributed by atoms with Gasteiger partial charge in [-0.15, -0.1) is 0 Å². The van der Waals surface area contributed by atoms with Crippen LogP contribution in [0, 0.1) is 0 Å². The van der Waals surface area contributed by atoms with Crippen LogP contribution in [0.1, 0.15) is 23.2 Å². The third-order valence-corrected chi connectivity index (χ3v) is 5.61. The molecule has 132 valence electrons. The van der Waals surface area contributed by atoms with Crippen molar-refractivity contribution in [1.29, 1.82) is 0 Å². The Labute approximate surface area is 150 Å². The molecule has 0 atom stereocenters. The predicted molar refractivity (Wildman–Crippen MR) is 102 cm³/mol. The number of hydrogen-bond acceptors (Lipinski definition) is 3. The van der Waals surface area contributed by atoms with Crippen molar-refractivity contribution in [3.05, 3.63) is 48.0 Å². The first-order valence-electron chi connectivity index (χ1n) is 9.53. The molecule has 0 N–H and O–H groups in total. The highest BCUT2D eigenvalue weighted by Gasteiger charge is 2.23. The monoisotopic (exact) mass is 337 g/mol. The van der Waals surface area contributed by atoms with E-state index in [9.17, 15) is 4.79 Å². The van der Waals surface area contributed by atoms with Gasteiger partial charge in [-0.25, -0.2) is 0 Å². The molecule has 2 aromatic rings. The third-order valence-electron chi connectivity index (χ3n) is 5.61. The fourth-order valence-corrected chi connectivity index (χ4v) is 4.05. The van der Waals surface area contributed by atoms with Gasteiger partial charge >= 0.3 is 0 Å². The van der Waals surface area contributed by atoms with Crippen molar-refractivity contribution in [3.8, 4) is 0 Å². The molecule has 0 unspecified atom stereocenters. The molecule has 4 rings (SSSR count). The smallest absolute Gasteiger partial charge is 0.254 e. The fourth-order valence-electron chi connectivity index (χ4n) is 4.05. The van der Waals surface area contributed by atoms with Crippen molar-refractivity contribution in [3.63, 3.8) is 0 Å². The Hall–Kier alpha value is -1.91. The zero-order valence-corrected chi connectivity index (χ0v) is 14.9. The number of benzene rings is 2. The van der Waals surface area contributed by atoms with Crippen LogP contribution in [0.25, 0.3) is 10.8 Å². The van der Waals surface area contributed by atoms with Crippen LogP contribution in [0.15, 0.2) is 42.5 Å². The highest BCUT2D eigenvalue weighted by molar-refractivity contribution is 6.07. The Kier molecular flexibility index (Phi) is 4.99. The lowest BCUT2D eigenvalue weighted by molar-refractivity contribution is 0.0628. The van der Waals surface area contributed by atoms with Gasteiger partial charge in [0.2, 0.25) is 0 Å². The summed E-state index contributed by atoms with van der Waals surface area (Å²) in [5, 5.41) is 2.20. The maximum absolute atomic E-state index is 13.0. The molecule has 0 aromatic heterocycles. The average molecular weight is 337 g/mol. The second-order valence-corrected chi connectivity index (χ2v) is 7.21. The number of piperazine rings is 1. The van der Waals surface area contributed by atoms with Gasteiger partial charge in [0.25, 0.3) is 5.91 Å². The largest absolute Gasteiger partial charge is 0.336 e. The Morgan fingerprint density at radius 2 is 1.40 bits per heavy atom. The van der Waals surface area contributed by atoms with Crippen molar-refractivity contribution in [2.45, 2.75) is 12.8 Å². The summed E-state index contributed by atoms with van der Waals surface area (Å²) in [5.41, 5.74) is 0.837. The Morgan fingerprint density at radius 1 is 0.760 bits per heavy atom. The molecular weight excluding hydrogens is 310 g/mol. The Balaban J connectivity index is 1.36. The maximum atomic E-state index is 13.0. The number of hydrogen-bond donors (Lipinski definition) is 0. The number of likely N-dealkylation sites (tertiary alicyclic amines) is 1. The topological polar surface area (TPSA) is 26.8 Å². The van der Waals surface area contributed by atoms with E-state index in [4.69, 9.17) is 0 Å². The molecular formula is C21H27N3O. The standard InChI is InChI=1S/C21H27N3O/c25-21(20-9-5-7-18-6-1-2-8-19(18)20)24-16-14-23(15-17-24)13-12-22-10-3-4-11-22/h1-2,5-9H,3-4,10-17H2. The number of carbonyl (C=O) groups excluding carboxylic acids is 1. The molecule has 4 nitrogen and oxygen atoms in total. The van der Waals surface area contributed by atoms with Crippen molar-refractivity contribution < 1.29 is 4.79 Å². The summed E-state index contributed by atoms with van der Waals surface area (Å²) in [6, 6.07) is 14.2. The second-order valence-electron chi connectivity index (χ2n) is 7.21. The van der Waals surface area contributed by atoms with E-state index in [0.717, 1.165) is 49.1 Å². The van der Waals surface area contributed by atoms with Crippen LogP contribution >= 0.6 is 0 Å². The van der Waals surface area contributed by atoms with Gasteiger partial charge in [-0.3, -0.25) is 9.69 Å². The van der Waals surface area contributed by atoms with Crippen LogP contribution in [-0.4, -0.2) is 73.0 Å². The molecule has 0 spiro atoms. The van der Waals surface area contributed by atoms with Gasteiger partial charge in [0.15, 0.2) is 0 Å². The van der Waals surface area contributed by atoms with Crippen LogP contribution < -0.4 is 0 Å². The normalized spacial score (nSPS) is 19.6. The molecule has 0 aliphatic carbocycles. The zero-order valence-electron chi connectivity index (χ0n) is 14.9. The van der Waals surface area contributed by atoms with Gasteiger partial charge < -0.3 is 9.80 Å². The van der Waals surface area contributed by atoms with Gasteiger partial charge in [0, 0.05) is 44.8 Å². The number of rotatable bonds is 4. The maximum Gasteiger partial charge on any atom is 0.254 e. The second kappa shape index (κ2) is 7.54. The summed E-state index contributed by atoms with van der Waals surface area (Å²) in [6.45, 7) is 8.49. The molecule has 1 amide bonds. The van der Waals surface area contributed by atoms with Gasteiger partial charge in [0.1, 0.15) is 0 Å². The van der Waals surface area contributed by atoms with E-state index in [1.807, 2.05) is 29.2 Å². The van der Waals surface area contributed by atoms with Crippen LogP contribution in [0.2, 0.25) is 0 Å². The summed E-state index contributed by atoms with van der Waals surface area (Å²) in [4.78, 5) is 20.1. The third kappa shape index (κ3) is 3.70. The van der Waals surface area contributed by atoms with Crippen LogP contribution in [0.3, 0.4) is 0 Å². The number of nitrogens with zero attached hydrogens (tertiary/aromatic N) is 3. The molecule has 2 aliphatic heterocycles. The van der Waals surface area contributed by atoms with Gasteiger partial charge in [-0.05, 0) is 42.8 Å².